The molecule has 0 aromatic heterocycles. The van der Waals surface area contributed by atoms with Crippen molar-refractivity contribution in [2.45, 2.75) is 77.0 Å². The Morgan fingerprint density at radius 3 is 1.76 bits per heavy atom. The first-order chi connectivity index (χ1) is 9.70. The number of terminal acetylenes is 2. The summed E-state index contributed by atoms with van der Waals surface area (Å²) in [6.45, 7) is 9.97. The van der Waals surface area contributed by atoms with E-state index in [1.807, 2.05) is 34.6 Å². The Morgan fingerprint density at radius 1 is 1.00 bits per heavy atom. The van der Waals surface area contributed by atoms with E-state index in [1.165, 1.54) is 12.8 Å². The molecule has 0 heterocycles. The first-order valence-corrected chi connectivity index (χ1v) is 9.50. The summed E-state index contributed by atoms with van der Waals surface area (Å²) in [6, 6.07) is 0. The van der Waals surface area contributed by atoms with Crippen molar-refractivity contribution in [1.82, 2.24) is 0 Å². The lowest BCUT2D eigenvalue weighted by atomic mass is 10.2. The molecule has 0 aromatic rings. The molecule has 118 valence electrons. The van der Waals surface area contributed by atoms with Gasteiger partial charge in [-0.05, 0) is 47.5 Å². The third-order valence-corrected chi connectivity index (χ3v) is 7.55. The van der Waals surface area contributed by atoms with Gasteiger partial charge in [0.2, 0.25) is 0 Å². The van der Waals surface area contributed by atoms with E-state index in [1.54, 1.807) is 0 Å². The average molecular weight is 308 g/mol. The third kappa shape index (κ3) is 4.87. The molecule has 1 saturated carbocycles. The van der Waals surface area contributed by atoms with E-state index < -0.39 is 20.0 Å². The first kappa shape index (κ1) is 18.3. The summed E-state index contributed by atoms with van der Waals surface area (Å²) >= 11 is 0. The SMILES string of the molecule is C#CC(C)(C)O[Si](OCC)(OC(C)(C)C#C)C1CCCC1. The summed E-state index contributed by atoms with van der Waals surface area (Å²) in [7, 11) is -2.96. The van der Waals surface area contributed by atoms with Gasteiger partial charge in [-0.25, -0.2) is 0 Å². The second kappa shape index (κ2) is 6.98. The summed E-state index contributed by atoms with van der Waals surface area (Å²) in [6.07, 6.45) is 15.6. The normalized spacial score (nSPS) is 17.5. The average Bonchev–Trinajstić information content (AvgIpc) is 2.92. The van der Waals surface area contributed by atoms with E-state index in [2.05, 4.69) is 11.8 Å². The van der Waals surface area contributed by atoms with Crippen LogP contribution in [0.4, 0.5) is 0 Å². The van der Waals surface area contributed by atoms with Gasteiger partial charge in [-0.3, -0.25) is 0 Å². The van der Waals surface area contributed by atoms with Crippen molar-refractivity contribution in [3.8, 4) is 24.7 Å². The van der Waals surface area contributed by atoms with Crippen molar-refractivity contribution in [2.24, 2.45) is 0 Å². The van der Waals surface area contributed by atoms with Gasteiger partial charge < -0.3 is 13.3 Å². The van der Waals surface area contributed by atoms with Crippen LogP contribution in [0.25, 0.3) is 0 Å². The fourth-order valence-electron chi connectivity index (χ4n) is 2.62. The number of rotatable bonds is 7. The van der Waals surface area contributed by atoms with Crippen molar-refractivity contribution in [3.63, 3.8) is 0 Å². The van der Waals surface area contributed by atoms with Crippen LogP contribution >= 0.6 is 0 Å². The van der Waals surface area contributed by atoms with Crippen molar-refractivity contribution >= 4 is 8.80 Å². The molecule has 0 N–H and O–H groups in total. The van der Waals surface area contributed by atoms with Crippen LogP contribution in [0.3, 0.4) is 0 Å². The summed E-state index contributed by atoms with van der Waals surface area (Å²) in [5, 5.41) is 0. The van der Waals surface area contributed by atoms with Gasteiger partial charge in [0, 0.05) is 12.1 Å². The highest BCUT2D eigenvalue weighted by Crippen LogP contribution is 2.43. The lowest BCUT2D eigenvalue weighted by molar-refractivity contribution is -0.0257. The predicted molar refractivity (Wildman–Crippen MR) is 87.6 cm³/mol. The van der Waals surface area contributed by atoms with Gasteiger partial charge in [-0.15, -0.1) is 12.8 Å². The van der Waals surface area contributed by atoms with Gasteiger partial charge in [0.05, 0.1) is 0 Å². The molecule has 1 aliphatic rings. The molecule has 4 heteroatoms. The molecule has 1 aliphatic carbocycles. The maximum absolute atomic E-state index is 6.30. The summed E-state index contributed by atoms with van der Waals surface area (Å²) in [5.74, 6) is 5.37. The molecular weight excluding hydrogens is 280 g/mol. The zero-order valence-electron chi connectivity index (χ0n) is 14.0. The second-order valence-corrected chi connectivity index (χ2v) is 9.25. The maximum Gasteiger partial charge on any atom is 0.506 e. The van der Waals surface area contributed by atoms with Gasteiger partial charge in [0.1, 0.15) is 11.2 Å². The van der Waals surface area contributed by atoms with E-state index in [4.69, 9.17) is 26.1 Å². The van der Waals surface area contributed by atoms with Crippen LogP contribution in [0.2, 0.25) is 5.54 Å². The minimum absolute atomic E-state index is 0.276. The molecule has 21 heavy (non-hydrogen) atoms. The highest BCUT2D eigenvalue weighted by atomic mass is 28.4. The van der Waals surface area contributed by atoms with Crippen LogP contribution in [0, 0.1) is 24.7 Å². The monoisotopic (exact) mass is 308 g/mol. The zero-order chi connectivity index (χ0) is 16.1. The van der Waals surface area contributed by atoms with Crippen molar-refractivity contribution in [2.75, 3.05) is 6.61 Å². The Bertz CT molecular complexity index is 394. The lowest BCUT2D eigenvalue weighted by Crippen LogP contribution is -2.57. The molecule has 0 saturated heterocycles. The molecule has 1 fully saturated rings. The van der Waals surface area contributed by atoms with Crippen LogP contribution < -0.4 is 0 Å². The molecule has 0 unspecified atom stereocenters. The first-order valence-electron chi connectivity index (χ1n) is 7.70. The van der Waals surface area contributed by atoms with Gasteiger partial charge in [0.15, 0.2) is 0 Å². The molecule has 0 bridgehead atoms. The lowest BCUT2D eigenvalue weighted by Gasteiger charge is -2.41. The molecule has 0 aliphatic heterocycles. The van der Waals surface area contributed by atoms with Crippen LogP contribution in [-0.4, -0.2) is 26.6 Å². The van der Waals surface area contributed by atoms with E-state index in [-0.39, 0.29) is 5.54 Å². The zero-order valence-corrected chi connectivity index (χ0v) is 15.0. The van der Waals surface area contributed by atoms with Crippen LogP contribution in [-0.2, 0) is 13.3 Å². The fraction of sp³-hybridized carbons (Fsp3) is 0.765. The minimum atomic E-state index is -2.96. The predicted octanol–water partition coefficient (Wildman–Crippen LogP) is 3.76. The molecule has 0 atom stereocenters. The Hall–Kier alpha value is -0.783. The minimum Gasteiger partial charge on any atom is -0.374 e. The van der Waals surface area contributed by atoms with Crippen molar-refractivity contribution in [1.29, 1.82) is 0 Å². The van der Waals surface area contributed by atoms with E-state index in [0.717, 1.165) is 12.8 Å². The Kier molecular flexibility index (Phi) is 6.08. The Morgan fingerprint density at radius 2 is 1.43 bits per heavy atom. The van der Waals surface area contributed by atoms with Gasteiger partial charge >= 0.3 is 8.80 Å². The standard InChI is InChI=1S/C17H28O3Si/c1-8-16(4,5)19-21(18-10-3,15-13-11-12-14-15)20-17(6,7)9-2/h1-2,15H,10-14H2,3-7H3. The van der Waals surface area contributed by atoms with Crippen LogP contribution in [0.15, 0.2) is 0 Å². The fourth-order valence-corrected chi connectivity index (χ4v) is 6.40. The van der Waals surface area contributed by atoms with Gasteiger partial charge in [-0.1, -0.05) is 24.7 Å². The van der Waals surface area contributed by atoms with Crippen molar-refractivity contribution in [3.05, 3.63) is 0 Å². The van der Waals surface area contributed by atoms with Gasteiger partial charge in [0.25, 0.3) is 0 Å². The quantitative estimate of drug-likeness (QED) is 0.529. The molecule has 0 spiro atoms. The molecule has 0 radical (unpaired) electrons. The second-order valence-electron chi connectivity index (χ2n) is 6.53. The van der Waals surface area contributed by atoms with E-state index in [9.17, 15) is 0 Å². The molecule has 1 rings (SSSR count). The summed E-state index contributed by atoms with van der Waals surface area (Å²) < 4.78 is 18.7. The molecular formula is C17H28O3Si. The Labute approximate surface area is 131 Å². The topological polar surface area (TPSA) is 27.7 Å². The van der Waals surface area contributed by atoms with Crippen LogP contribution in [0.1, 0.15) is 60.3 Å². The molecule has 3 nitrogen and oxygen atoms in total. The van der Waals surface area contributed by atoms with Crippen LogP contribution in [0.5, 0.6) is 0 Å². The third-order valence-electron chi connectivity index (χ3n) is 3.69. The number of hydrogen-bond donors (Lipinski definition) is 0. The van der Waals surface area contributed by atoms with E-state index in [0.29, 0.717) is 6.61 Å². The highest BCUT2D eigenvalue weighted by Gasteiger charge is 2.55. The molecule has 0 aromatic carbocycles. The smallest absolute Gasteiger partial charge is 0.374 e. The maximum atomic E-state index is 6.30. The summed E-state index contributed by atoms with van der Waals surface area (Å²) in [4.78, 5) is 0. The Balaban J connectivity index is 3.15. The highest BCUT2D eigenvalue weighted by molar-refractivity contribution is 6.62. The molecule has 0 amide bonds. The van der Waals surface area contributed by atoms with Gasteiger partial charge in [-0.2, -0.15) is 0 Å². The largest absolute Gasteiger partial charge is 0.506 e. The van der Waals surface area contributed by atoms with E-state index >= 15 is 0 Å². The number of hydrogen-bond acceptors (Lipinski definition) is 3. The summed E-state index contributed by atoms with van der Waals surface area (Å²) in [5.41, 5.74) is -1.18. The van der Waals surface area contributed by atoms with Crippen molar-refractivity contribution < 1.29 is 13.3 Å².